The minimum Gasteiger partial charge on any atom is -0.460 e. The van der Waals surface area contributed by atoms with E-state index < -0.39 is 0 Å². The first kappa shape index (κ1) is 11.9. The summed E-state index contributed by atoms with van der Waals surface area (Å²) in [6, 6.07) is 0.332. The molecule has 2 N–H and O–H groups in total. The molecule has 0 aliphatic heterocycles. The zero-order chi connectivity index (χ0) is 11.9. The fourth-order valence-corrected chi connectivity index (χ4v) is 3.15. The van der Waals surface area contributed by atoms with Crippen molar-refractivity contribution in [2.24, 2.45) is 23.5 Å². The molecule has 2 rings (SSSR count). The molecule has 4 atom stereocenters. The molecule has 2 fully saturated rings. The highest BCUT2D eigenvalue weighted by Gasteiger charge is 2.43. The summed E-state index contributed by atoms with van der Waals surface area (Å²) in [6.45, 7) is 5.77. The van der Waals surface area contributed by atoms with Crippen molar-refractivity contribution in [3.8, 4) is 0 Å². The lowest BCUT2D eigenvalue weighted by Gasteiger charge is -2.33. The average molecular weight is 225 g/mol. The maximum atomic E-state index is 12.0. The fraction of sp³-hybridized carbons (Fsp3) is 0.923. The van der Waals surface area contributed by atoms with Crippen LogP contribution in [0.25, 0.3) is 0 Å². The van der Waals surface area contributed by atoms with E-state index in [1.807, 2.05) is 20.8 Å². The van der Waals surface area contributed by atoms with Crippen LogP contribution in [0, 0.1) is 17.8 Å². The van der Waals surface area contributed by atoms with Crippen molar-refractivity contribution in [1.82, 2.24) is 0 Å². The Balaban J connectivity index is 1.95. The summed E-state index contributed by atoms with van der Waals surface area (Å²) in [7, 11) is 0. The molecule has 0 saturated heterocycles. The molecule has 0 amide bonds. The Labute approximate surface area is 97.7 Å². The molecular formula is C13H23NO2. The van der Waals surface area contributed by atoms with Gasteiger partial charge in [0.05, 0.1) is 5.92 Å². The van der Waals surface area contributed by atoms with Gasteiger partial charge in [-0.15, -0.1) is 0 Å². The van der Waals surface area contributed by atoms with Crippen LogP contribution in [0.2, 0.25) is 0 Å². The van der Waals surface area contributed by atoms with Crippen molar-refractivity contribution in [3.63, 3.8) is 0 Å². The van der Waals surface area contributed by atoms with E-state index in [0.717, 1.165) is 12.8 Å². The number of nitrogens with two attached hydrogens (primary N) is 1. The molecule has 0 radical (unpaired) electrons. The summed E-state index contributed by atoms with van der Waals surface area (Å²) in [6.07, 6.45) is 4.27. The molecule has 2 aliphatic rings. The van der Waals surface area contributed by atoms with E-state index in [9.17, 15) is 4.79 Å². The first-order chi connectivity index (χ1) is 7.37. The lowest BCUT2D eigenvalue weighted by atomic mass is 9.78. The van der Waals surface area contributed by atoms with Crippen LogP contribution >= 0.6 is 0 Å². The summed E-state index contributed by atoms with van der Waals surface area (Å²) < 4.78 is 5.46. The van der Waals surface area contributed by atoms with Gasteiger partial charge in [-0.25, -0.2) is 0 Å². The summed E-state index contributed by atoms with van der Waals surface area (Å²) in [4.78, 5) is 12.0. The van der Waals surface area contributed by atoms with Crippen LogP contribution in [-0.4, -0.2) is 17.6 Å². The molecule has 2 bridgehead atoms. The van der Waals surface area contributed by atoms with Gasteiger partial charge < -0.3 is 10.5 Å². The van der Waals surface area contributed by atoms with Crippen LogP contribution in [0.4, 0.5) is 0 Å². The molecule has 3 heteroatoms. The maximum absolute atomic E-state index is 12.0. The SMILES string of the molecule is CC(C)(C)OC(=O)C1C[C@H]2CC[C@@H](C1)C2N. The van der Waals surface area contributed by atoms with Crippen LogP contribution in [0.15, 0.2) is 0 Å². The number of esters is 1. The van der Waals surface area contributed by atoms with Gasteiger partial charge in [0.1, 0.15) is 5.60 Å². The third-order valence-electron chi connectivity index (χ3n) is 3.91. The lowest BCUT2D eigenvalue weighted by molar-refractivity contribution is -0.162. The van der Waals surface area contributed by atoms with Gasteiger partial charge >= 0.3 is 5.97 Å². The zero-order valence-corrected chi connectivity index (χ0v) is 10.5. The van der Waals surface area contributed by atoms with Crippen molar-refractivity contribution in [3.05, 3.63) is 0 Å². The number of ether oxygens (including phenoxy) is 1. The summed E-state index contributed by atoms with van der Waals surface area (Å²) >= 11 is 0. The first-order valence-corrected chi connectivity index (χ1v) is 6.35. The normalized spacial score (nSPS) is 38.5. The van der Waals surface area contributed by atoms with Crippen molar-refractivity contribution in [2.75, 3.05) is 0 Å². The number of hydrogen-bond donors (Lipinski definition) is 1. The Hall–Kier alpha value is -0.570. The monoisotopic (exact) mass is 225 g/mol. The topological polar surface area (TPSA) is 52.3 Å². The second kappa shape index (κ2) is 4.02. The largest absolute Gasteiger partial charge is 0.460 e. The zero-order valence-electron chi connectivity index (χ0n) is 10.5. The van der Waals surface area contributed by atoms with Crippen molar-refractivity contribution < 1.29 is 9.53 Å². The average Bonchev–Trinajstić information content (AvgIpc) is 2.38. The van der Waals surface area contributed by atoms with Gasteiger partial charge in [-0.05, 0) is 58.3 Å². The quantitative estimate of drug-likeness (QED) is 0.695. The Morgan fingerprint density at radius 1 is 1.19 bits per heavy atom. The minimum atomic E-state index is -0.365. The number of carbonyl (C=O) groups is 1. The molecular weight excluding hydrogens is 202 g/mol. The van der Waals surface area contributed by atoms with Crippen LogP contribution in [0.3, 0.4) is 0 Å². The summed E-state index contributed by atoms with van der Waals surface area (Å²) in [5.74, 6) is 1.18. The van der Waals surface area contributed by atoms with E-state index in [2.05, 4.69) is 0 Å². The molecule has 92 valence electrons. The molecule has 0 aromatic rings. The molecule has 0 spiro atoms. The first-order valence-electron chi connectivity index (χ1n) is 6.35. The standard InChI is InChI=1S/C13H23NO2/c1-13(2,3)16-12(15)10-6-8-4-5-9(7-10)11(8)14/h8-11H,4-7,14H2,1-3H3/t8-,9+,10?,11?. The highest BCUT2D eigenvalue weighted by atomic mass is 16.6. The molecule has 3 nitrogen and oxygen atoms in total. The third-order valence-corrected chi connectivity index (χ3v) is 3.91. The van der Waals surface area contributed by atoms with E-state index in [1.54, 1.807) is 0 Å². The molecule has 0 aromatic carbocycles. The Morgan fingerprint density at radius 2 is 1.69 bits per heavy atom. The van der Waals surface area contributed by atoms with E-state index in [-0.39, 0.29) is 17.5 Å². The number of rotatable bonds is 1. The molecule has 2 aliphatic carbocycles. The predicted octanol–water partition coefficient (Wildman–Crippen LogP) is 2.09. The third kappa shape index (κ3) is 2.40. The van der Waals surface area contributed by atoms with Gasteiger partial charge in [0.2, 0.25) is 0 Å². The van der Waals surface area contributed by atoms with Gasteiger partial charge in [0.25, 0.3) is 0 Å². The molecule has 2 unspecified atom stereocenters. The van der Waals surface area contributed by atoms with Crippen LogP contribution in [0.1, 0.15) is 46.5 Å². The molecule has 0 aromatic heterocycles. The Kier molecular flexibility index (Phi) is 2.99. The highest BCUT2D eigenvalue weighted by Crippen LogP contribution is 2.44. The van der Waals surface area contributed by atoms with E-state index in [4.69, 9.17) is 10.5 Å². The number of hydrogen-bond acceptors (Lipinski definition) is 3. The van der Waals surface area contributed by atoms with Crippen LogP contribution in [-0.2, 0) is 9.53 Å². The smallest absolute Gasteiger partial charge is 0.309 e. The Morgan fingerprint density at radius 3 is 2.12 bits per heavy atom. The lowest BCUT2D eigenvalue weighted by Crippen LogP contribution is -2.41. The Bertz CT molecular complexity index is 268. The number of carbonyl (C=O) groups excluding carboxylic acids is 1. The van der Waals surface area contributed by atoms with E-state index in [1.165, 1.54) is 12.8 Å². The second-order valence-corrected chi connectivity index (χ2v) is 6.38. The van der Waals surface area contributed by atoms with Crippen molar-refractivity contribution >= 4 is 5.97 Å². The number of fused-ring (bicyclic) bond motifs is 2. The van der Waals surface area contributed by atoms with Crippen LogP contribution < -0.4 is 5.73 Å². The van der Waals surface area contributed by atoms with E-state index >= 15 is 0 Å². The maximum Gasteiger partial charge on any atom is 0.309 e. The predicted molar refractivity (Wildman–Crippen MR) is 62.8 cm³/mol. The summed E-state index contributed by atoms with van der Waals surface area (Å²) in [5, 5.41) is 0. The second-order valence-electron chi connectivity index (χ2n) is 6.38. The van der Waals surface area contributed by atoms with E-state index in [0.29, 0.717) is 17.9 Å². The van der Waals surface area contributed by atoms with Gasteiger partial charge in [0, 0.05) is 6.04 Å². The van der Waals surface area contributed by atoms with Crippen molar-refractivity contribution in [2.45, 2.75) is 58.1 Å². The minimum absolute atomic E-state index is 0.0173. The van der Waals surface area contributed by atoms with Crippen molar-refractivity contribution in [1.29, 1.82) is 0 Å². The van der Waals surface area contributed by atoms with Gasteiger partial charge in [-0.3, -0.25) is 4.79 Å². The molecule has 0 heterocycles. The van der Waals surface area contributed by atoms with Crippen LogP contribution in [0.5, 0.6) is 0 Å². The summed E-state index contributed by atoms with van der Waals surface area (Å²) in [5.41, 5.74) is 5.76. The molecule has 2 saturated carbocycles. The van der Waals surface area contributed by atoms with Gasteiger partial charge in [0.15, 0.2) is 0 Å². The van der Waals surface area contributed by atoms with Gasteiger partial charge in [-0.2, -0.15) is 0 Å². The molecule has 16 heavy (non-hydrogen) atoms. The van der Waals surface area contributed by atoms with Gasteiger partial charge in [-0.1, -0.05) is 0 Å². The highest BCUT2D eigenvalue weighted by molar-refractivity contribution is 5.73. The fourth-order valence-electron chi connectivity index (χ4n) is 3.15.